The van der Waals surface area contributed by atoms with Crippen LogP contribution < -0.4 is 10.2 Å². The van der Waals surface area contributed by atoms with Gasteiger partial charge in [0, 0.05) is 44.0 Å². The van der Waals surface area contributed by atoms with E-state index in [1.807, 2.05) is 66.7 Å². The van der Waals surface area contributed by atoms with Crippen LogP contribution in [0.2, 0.25) is 0 Å². The number of fused-ring (bicyclic) bond motifs is 1. The zero-order valence-electron chi connectivity index (χ0n) is 16.7. The molecular weight excluding hydrogens is 398 g/mol. The third kappa shape index (κ3) is 4.47. The number of nitrogens with zero attached hydrogens (tertiary/aromatic N) is 2. The summed E-state index contributed by atoms with van der Waals surface area (Å²) in [6.45, 7) is 2.31. The Morgan fingerprint density at radius 2 is 1.50 bits per heavy atom. The van der Waals surface area contributed by atoms with E-state index < -0.39 is 10.0 Å². The SMILES string of the molecule is O=C(NCCS(=O)(=O)N1CCN(c2ccccc2)CC1)c1cccc2ccccc12. The lowest BCUT2D eigenvalue weighted by molar-refractivity contribution is 0.0957. The predicted octanol–water partition coefficient (Wildman–Crippen LogP) is 2.72. The van der Waals surface area contributed by atoms with Crippen molar-refractivity contribution < 1.29 is 13.2 Å². The van der Waals surface area contributed by atoms with E-state index in [1.165, 1.54) is 4.31 Å². The van der Waals surface area contributed by atoms with E-state index >= 15 is 0 Å². The molecule has 156 valence electrons. The summed E-state index contributed by atoms with van der Waals surface area (Å²) in [6, 6.07) is 23.2. The molecule has 1 amide bonds. The fourth-order valence-corrected chi connectivity index (χ4v) is 5.14. The number of benzene rings is 3. The van der Waals surface area contributed by atoms with Gasteiger partial charge in [0.25, 0.3) is 5.91 Å². The van der Waals surface area contributed by atoms with Crippen molar-refractivity contribution in [3.8, 4) is 0 Å². The molecule has 1 N–H and O–H groups in total. The van der Waals surface area contributed by atoms with Gasteiger partial charge in [-0.1, -0.05) is 54.6 Å². The molecule has 3 aromatic rings. The summed E-state index contributed by atoms with van der Waals surface area (Å²) in [5, 5.41) is 4.61. The quantitative estimate of drug-likeness (QED) is 0.662. The summed E-state index contributed by atoms with van der Waals surface area (Å²) in [5.41, 5.74) is 1.67. The van der Waals surface area contributed by atoms with Crippen LogP contribution in [-0.4, -0.2) is 57.1 Å². The van der Waals surface area contributed by atoms with Crippen molar-refractivity contribution in [1.29, 1.82) is 0 Å². The van der Waals surface area contributed by atoms with E-state index in [9.17, 15) is 13.2 Å². The Hall–Kier alpha value is -2.90. The maximum Gasteiger partial charge on any atom is 0.251 e. The minimum atomic E-state index is -3.42. The second kappa shape index (κ2) is 8.85. The van der Waals surface area contributed by atoms with Crippen LogP contribution in [0.1, 0.15) is 10.4 Å². The van der Waals surface area contributed by atoms with Crippen LogP contribution in [0.3, 0.4) is 0 Å². The number of sulfonamides is 1. The summed E-state index contributed by atoms with van der Waals surface area (Å²) >= 11 is 0. The highest BCUT2D eigenvalue weighted by Crippen LogP contribution is 2.19. The first kappa shape index (κ1) is 20.4. The van der Waals surface area contributed by atoms with Crippen molar-refractivity contribution in [2.75, 3.05) is 43.4 Å². The van der Waals surface area contributed by atoms with Gasteiger partial charge in [-0.3, -0.25) is 4.79 Å². The highest BCUT2D eigenvalue weighted by atomic mass is 32.2. The zero-order chi connectivity index (χ0) is 21.0. The van der Waals surface area contributed by atoms with Gasteiger partial charge < -0.3 is 10.2 Å². The molecule has 4 rings (SSSR count). The molecule has 0 aromatic heterocycles. The Kier molecular flexibility index (Phi) is 6.01. The molecule has 1 aliphatic rings. The lowest BCUT2D eigenvalue weighted by atomic mass is 10.0. The van der Waals surface area contributed by atoms with Crippen molar-refractivity contribution >= 4 is 32.4 Å². The molecule has 0 radical (unpaired) electrons. The van der Waals surface area contributed by atoms with Gasteiger partial charge in [-0.05, 0) is 29.0 Å². The summed E-state index contributed by atoms with van der Waals surface area (Å²) < 4.78 is 27.0. The molecule has 6 nitrogen and oxygen atoms in total. The van der Waals surface area contributed by atoms with Crippen molar-refractivity contribution in [3.63, 3.8) is 0 Å². The molecular formula is C23H25N3O3S. The summed E-state index contributed by atoms with van der Waals surface area (Å²) in [5.74, 6) is -0.356. The van der Waals surface area contributed by atoms with Crippen LogP contribution in [0.25, 0.3) is 10.8 Å². The third-order valence-corrected chi connectivity index (χ3v) is 7.31. The number of rotatable bonds is 6. The van der Waals surface area contributed by atoms with Gasteiger partial charge in [-0.15, -0.1) is 0 Å². The number of carbonyl (C=O) groups excluding carboxylic acids is 1. The number of nitrogens with one attached hydrogen (secondary N) is 1. The zero-order valence-corrected chi connectivity index (χ0v) is 17.5. The molecule has 0 aliphatic carbocycles. The fourth-order valence-electron chi connectivity index (χ4n) is 3.80. The number of amides is 1. The van der Waals surface area contributed by atoms with Gasteiger partial charge in [0.15, 0.2) is 0 Å². The second-order valence-electron chi connectivity index (χ2n) is 7.32. The average molecular weight is 424 g/mol. The maximum absolute atomic E-state index is 12.7. The van der Waals surface area contributed by atoms with Gasteiger partial charge >= 0.3 is 0 Å². The molecule has 0 bridgehead atoms. The van der Waals surface area contributed by atoms with Crippen molar-refractivity contribution in [2.24, 2.45) is 0 Å². The van der Waals surface area contributed by atoms with E-state index in [0.29, 0.717) is 31.7 Å². The number of piperazine rings is 1. The van der Waals surface area contributed by atoms with Gasteiger partial charge in [-0.2, -0.15) is 4.31 Å². The topological polar surface area (TPSA) is 69.7 Å². The third-order valence-electron chi connectivity index (χ3n) is 5.43. The standard InChI is InChI=1S/C23H25N3O3S/c27-23(22-12-6-8-19-7-4-5-11-21(19)22)24-13-18-30(28,29)26-16-14-25(15-17-26)20-9-2-1-3-10-20/h1-12H,13-18H2,(H,24,27). The second-order valence-corrected chi connectivity index (χ2v) is 9.41. The first-order valence-corrected chi connectivity index (χ1v) is 11.7. The van der Waals surface area contributed by atoms with Crippen molar-refractivity contribution in [2.45, 2.75) is 0 Å². The normalized spacial score (nSPS) is 15.3. The number of carbonyl (C=O) groups is 1. The number of para-hydroxylation sites is 1. The van der Waals surface area contributed by atoms with Crippen LogP contribution in [-0.2, 0) is 10.0 Å². The highest BCUT2D eigenvalue weighted by molar-refractivity contribution is 7.89. The number of hydrogen-bond acceptors (Lipinski definition) is 4. The first-order chi connectivity index (χ1) is 14.5. The summed E-state index contributed by atoms with van der Waals surface area (Å²) in [6.07, 6.45) is 0. The molecule has 0 spiro atoms. The van der Waals surface area contributed by atoms with Crippen LogP contribution in [0.5, 0.6) is 0 Å². The molecule has 0 atom stereocenters. The van der Waals surface area contributed by atoms with Crippen LogP contribution >= 0.6 is 0 Å². The van der Waals surface area contributed by atoms with Gasteiger partial charge in [-0.25, -0.2) is 8.42 Å². The Morgan fingerprint density at radius 1 is 0.833 bits per heavy atom. The minimum Gasteiger partial charge on any atom is -0.369 e. The van der Waals surface area contributed by atoms with Gasteiger partial charge in [0.05, 0.1) is 5.75 Å². The van der Waals surface area contributed by atoms with Gasteiger partial charge in [0.2, 0.25) is 10.0 Å². The van der Waals surface area contributed by atoms with Crippen LogP contribution in [0.15, 0.2) is 72.8 Å². The Labute approximate surface area is 177 Å². The monoisotopic (exact) mass is 423 g/mol. The smallest absolute Gasteiger partial charge is 0.251 e. The molecule has 0 saturated carbocycles. The number of anilines is 1. The van der Waals surface area contributed by atoms with Crippen LogP contribution in [0.4, 0.5) is 5.69 Å². The molecule has 1 aliphatic heterocycles. The van der Waals surface area contributed by atoms with E-state index in [2.05, 4.69) is 10.2 Å². The lowest BCUT2D eigenvalue weighted by Crippen LogP contribution is -2.50. The maximum atomic E-state index is 12.7. The molecule has 1 fully saturated rings. The molecule has 7 heteroatoms. The fraction of sp³-hybridized carbons (Fsp3) is 0.261. The van der Waals surface area contributed by atoms with Gasteiger partial charge in [0.1, 0.15) is 0 Å². The van der Waals surface area contributed by atoms with Crippen molar-refractivity contribution in [3.05, 3.63) is 78.4 Å². The molecule has 1 saturated heterocycles. The van der Waals surface area contributed by atoms with E-state index in [1.54, 1.807) is 6.07 Å². The Morgan fingerprint density at radius 3 is 2.27 bits per heavy atom. The largest absolute Gasteiger partial charge is 0.369 e. The molecule has 1 heterocycles. The predicted molar refractivity (Wildman–Crippen MR) is 120 cm³/mol. The molecule has 3 aromatic carbocycles. The Bertz CT molecular complexity index is 1120. The lowest BCUT2D eigenvalue weighted by Gasteiger charge is -2.35. The van der Waals surface area contributed by atoms with E-state index in [0.717, 1.165) is 16.5 Å². The molecule has 30 heavy (non-hydrogen) atoms. The molecule has 0 unspecified atom stereocenters. The minimum absolute atomic E-state index is 0.0866. The first-order valence-electron chi connectivity index (χ1n) is 10.1. The highest BCUT2D eigenvalue weighted by Gasteiger charge is 2.26. The number of hydrogen-bond donors (Lipinski definition) is 1. The summed E-state index contributed by atoms with van der Waals surface area (Å²) in [4.78, 5) is 14.8. The average Bonchev–Trinajstić information content (AvgIpc) is 2.79. The van der Waals surface area contributed by atoms with E-state index in [-0.39, 0.29) is 18.2 Å². The van der Waals surface area contributed by atoms with Crippen LogP contribution in [0, 0.1) is 0 Å². The summed E-state index contributed by atoms with van der Waals surface area (Å²) in [7, 11) is -3.42. The Balaban J connectivity index is 1.32. The van der Waals surface area contributed by atoms with Crippen molar-refractivity contribution in [1.82, 2.24) is 9.62 Å². The van der Waals surface area contributed by atoms with E-state index in [4.69, 9.17) is 0 Å².